The Bertz CT molecular complexity index is 576. The molecular weight excluding hydrogens is 233 g/mol. The van der Waals surface area contributed by atoms with Gasteiger partial charge in [0.2, 0.25) is 0 Å². The number of hydrogen-bond donors (Lipinski definition) is 0. The number of nitrogens with zero attached hydrogens (tertiary/aromatic N) is 1. The Hall–Kier alpha value is -2.03. The molecule has 0 aliphatic heterocycles. The van der Waals surface area contributed by atoms with E-state index in [0.29, 0.717) is 0 Å². The quantitative estimate of drug-likeness (QED) is 0.614. The largest absolute Gasteiger partial charge is 0.378 e. The molecule has 0 aliphatic rings. The van der Waals surface area contributed by atoms with E-state index in [4.69, 9.17) is 0 Å². The molecule has 3 heteroatoms. The van der Waals surface area contributed by atoms with E-state index >= 15 is 0 Å². The number of rotatable bonds is 4. The Morgan fingerprint density at radius 1 is 1.05 bits per heavy atom. The molecule has 0 unspecified atom stereocenters. The molecule has 0 bridgehead atoms. The van der Waals surface area contributed by atoms with E-state index in [-0.39, 0.29) is 0 Å². The van der Waals surface area contributed by atoms with Gasteiger partial charge in [-0.25, -0.2) is 0 Å². The topological polar surface area (TPSA) is 20.3 Å². The van der Waals surface area contributed by atoms with Crippen LogP contribution in [0.3, 0.4) is 0 Å². The van der Waals surface area contributed by atoms with Gasteiger partial charge in [-0.3, -0.25) is 4.79 Å². The van der Waals surface area contributed by atoms with E-state index in [1.54, 1.807) is 0 Å². The van der Waals surface area contributed by atoms with Gasteiger partial charge in [-0.05, 0) is 23.3 Å². The van der Waals surface area contributed by atoms with Crippen molar-refractivity contribution in [3.05, 3.63) is 48.0 Å². The molecule has 2 aromatic carbocycles. The predicted molar refractivity (Wildman–Crippen MR) is 82.8 cm³/mol. The first-order valence-corrected chi connectivity index (χ1v) is 6.32. The van der Waals surface area contributed by atoms with Crippen LogP contribution in [-0.4, -0.2) is 27.7 Å². The molecule has 0 heterocycles. The first kappa shape index (κ1) is 13.4. The Balaban J connectivity index is 2.45. The summed E-state index contributed by atoms with van der Waals surface area (Å²) < 4.78 is 0. The third-order valence-electron chi connectivity index (χ3n) is 3.23. The smallest absolute Gasteiger partial charge is 0.150 e. The lowest BCUT2D eigenvalue weighted by Crippen LogP contribution is -2.10. The molecule has 19 heavy (non-hydrogen) atoms. The van der Waals surface area contributed by atoms with Crippen molar-refractivity contribution >= 4 is 24.7 Å². The van der Waals surface area contributed by atoms with Crippen molar-refractivity contribution in [1.29, 1.82) is 0 Å². The predicted octanol–water partition coefficient (Wildman–Crippen LogP) is 2.61. The Kier molecular flexibility index (Phi) is 4.05. The average Bonchev–Trinajstić information content (AvgIpc) is 2.46. The Morgan fingerprint density at radius 3 is 2.26 bits per heavy atom. The van der Waals surface area contributed by atoms with E-state index < -0.39 is 0 Å². The summed E-state index contributed by atoms with van der Waals surface area (Å²) in [5.74, 6) is 0. The molecule has 2 aromatic rings. The molecule has 0 saturated heterocycles. The Morgan fingerprint density at radius 2 is 1.74 bits per heavy atom. The molecule has 0 spiro atoms. The van der Waals surface area contributed by atoms with E-state index in [9.17, 15) is 4.79 Å². The van der Waals surface area contributed by atoms with Crippen molar-refractivity contribution in [3.63, 3.8) is 0 Å². The van der Waals surface area contributed by atoms with E-state index in [1.807, 2.05) is 56.2 Å². The van der Waals surface area contributed by atoms with Crippen LogP contribution in [0.25, 0.3) is 11.1 Å². The zero-order valence-electron chi connectivity index (χ0n) is 11.6. The molecule has 1 radical (unpaired) electrons. The van der Waals surface area contributed by atoms with E-state index in [2.05, 4.69) is 19.4 Å². The van der Waals surface area contributed by atoms with Crippen LogP contribution in [0.4, 0.5) is 5.69 Å². The zero-order valence-corrected chi connectivity index (χ0v) is 11.6. The van der Waals surface area contributed by atoms with Gasteiger partial charge < -0.3 is 4.90 Å². The van der Waals surface area contributed by atoms with Gasteiger partial charge in [0.1, 0.15) is 7.28 Å². The molecule has 0 aliphatic carbocycles. The molecule has 0 amide bonds. The van der Waals surface area contributed by atoms with Gasteiger partial charge in [0, 0.05) is 25.3 Å². The lowest BCUT2D eigenvalue weighted by Gasteiger charge is -2.15. The van der Waals surface area contributed by atoms with Crippen LogP contribution < -0.4 is 10.4 Å². The standard InChI is InChI=1S/C16H17BNO/c1-17-14-6-4-12(5-7-14)16-9-8-15(18(2)3)10-13(16)11-19/h4-11H,1-3H3. The van der Waals surface area contributed by atoms with Gasteiger partial charge in [-0.1, -0.05) is 42.6 Å². The van der Waals surface area contributed by atoms with Crippen molar-refractivity contribution in [1.82, 2.24) is 0 Å². The number of aldehydes is 1. The van der Waals surface area contributed by atoms with Crippen molar-refractivity contribution in [2.24, 2.45) is 0 Å². The third kappa shape index (κ3) is 2.87. The van der Waals surface area contributed by atoms with E-state index in [0.717, 1.165) is 28.7 Å². The Labute approximate surface area is 115 Å². The molecule has 0 N–H and O–H groups in total. The lowest BCUT2D eigenvalue weighted by molar-refractivity contribution is 0.112. The minimum absolute atomic E-state index is 0.722. The van der Waals surface area contributed by atoms with E-state index in [1.165, 1.54) is 5.46 Å². The van der Waals surface area contributed by atoms with Crippen LogP contribution in [0.2, 0.25) is 6.82 Å². The van der Waals surface area contributed by atoms with Crippen LogP contribution >= 0.6 is 0 Å². The monoisotopic (exact) mass is 250 g/mol. The third-order valence-corrected chi connectivity index (χ3v) is 3.23. The van der Waals surface area contributed by atoms with Crippen LogP contribution in [0.15, 0.2) is 42.5 Å². The van der Waals surface area contributed by atoms with Crippen LogP contribution in [-0.2, 0) is 0 Å². The summed E-state index contributed by atoms with van der Waals surface area (Å²) in [6.45, 7) is 2.01. The first-order valence-electron chi connectivity index (χ1n) is 6.32. The summed E-state index contributed by atoms with van der Waals surface area (Å²) in [6, 6.07) is 14.2. The lowest BCUT2D eigenvalue weighted by atomic mass is 9.73. The number of benzene rings is 2. The second-order valence-electron chi connectivity index (χ2n) is 4.69. The summed E-state index contributed by atoms with van der Waals surface area (Å²) in [5.41, 5.74) is 4.98. The van der Waals surface area contributed by atoms with Gasteiger partial charge in [0.15, 0.2) is 6.29 Å². The molecule has 2 rings (SSSR count). The fraction of sp³-hybridized carbons (Fsp3) is 0.188. The van der Waals surface area contributed by atoms with Gasteiger partial charge >= 0.3 is 0 Å². The molecule has 0 fully saturated rings. The minimum atomic E-state index is 0.722. The maximum atomic E-state index is 11.3. The average molecular weight is 250 g/mol. The summed E-state index contributed by atoms with van der Waals surface area (Å²) in [7, 11) is 5.99. The summed E-state index contributed by atoms with van der Waals surface area (Å²) in [4.78, 5) is 13.3. The van der Waals surface area contributed by atoms with Crippen molar-refractivity contribution in [2.45, 2.75) is 6.82 Å². The van der Waals surface area contributed by atoms with Crippen molar-refractivity contribution in [2.75, 3.05) is 19.0 Å². The molecular formula is C16H17BNO. The molecule has 0 atom stereocenters. The maximum absolute atomic E-state index is 11.3. The number of carbonyl (C=O) groups is 1. The zero-order chi connectivity index (χ0) is 13.8. The molecule has 95 valence electrons. The normalized spacial score (nSPS) is 10.1. The van der Waals surface area contributed by atoms with Crippen molar-refractivity contribution in [3.8, 4) is 11.1 Å². The van der Waals surface area contributed by atoms with Crippen LogP contribution in [0, 0.1) is 0 Å². The minimum Gasteiger partial charge on any atom is -0.378 e. The SMILES string of the molecule is C[B]c1ccc(-c2ccc(N(C)C)cc2C=O)cc1. The fourth-order valence-electron chi connectivity index (χ4n) is 2.04. The fourth-order valence-corrected chi connectivity index (χ4v) is 2.04. The first-order chi connectivity index (χ1) is 9.15. The maximum Gasteiger partial charge on any atom is 0.150 e. The highest BCUT2D eigenvalue weighted by atomic mass is 16.1. The second kappa shape index (κ2) is 5.74. The highest BCUT2D eigenvalue weighted by Gasteiger charge is 2.07. The van der Waals surface area contributed by atoms with Gasteiger partial charge in [-0.2, -0.15) is 0 Å². The summed E-state index contributed by atoms with van der Waals surface area (Å²) >= 11 is 0. The highest BCUT2D eigenvalue weighted by Crippen LogP contribution is 2.25. The van der Waals surface area contributed by atoms with Crippen LogP contribution in [0.5, 0.6) is 0 Å². The number of carbonyl (C=O) groups excluding carboxylic acids is 1. The number of hydrogen-bond acceptors (Lipinski definition) is 2. The molecule has 2 nitrogen and oxygen atoms in total. The summed E-state index contributed by atoms with van der Waals surface area (Å²) in [6.07, 6.45) is 0.919. The second-order valence-corrected chi connectivity index (χ2v) is 4.69. The van der Waals surface area contributed by atoms with Crippen molar-refractivity contribution < 1.29 is 4.79 Å². The van der Waals surface area contributed by atoms with Crippen LogP contribution in [0.1, 0.15) is 10.4 Å². The highest BCUT2D eigenvalue weighted by molar-refractivity contribution is 6.51. The molecule has 0 aromatic heterocycles. The molecule has 0 saturated carbocycles. The summed E-state index contributed by atoms with van der Waals surface area (Å²) in [5, 5.41) is 0. The number of anilines is 1. The van der Waals surface area contributed by atoms with Gasteiger partial charge in [-0.15, -0.1) is 0 Å². The van der Waals surface area contributed by atoms with Gasteiger partial charge in [0.05, 0.1) is 0 Å². The van der Waals surface area contributed by atoms with Gasteiger partial charge in [0.25, 0.3) is 0 Å².